The summed E-state index contributed by atoms with van der Waals surface area (Å²) in [5, 5.41) is 0. The van der Waals surface area contributed by atoms with Crippen LogP contribution in [0.2, 0.25) is 0 Å². The molecule has 1 N–H and O–H groups in total. The number of hydrogen-bond donors (Lipinski definition) is 1. The molecule has 1 unspecified atom stereocenters. The number of rotatable bonds is 6. The quantitative estimate of drug-likeness (QED) is 0.600. The third kappa shape index (κ3) is 4.91. The lowest BCUT2D eigenvalue weighted by Crippen LogP contribution is -1.95. The lowest BCUT2D eigenvalue weighted by molar-refractivity contribution is 0.154. The van der Waals surface area contributed by atoms with E-state index in [1.54, 1.807) is 12.1 Å². The second kappa shape index (κ2) is 5.83. The highest BCUT2D eigenvalue weighted by Crippen LogP contribution is 2.43. The first kappa shape index (κ1) is 12.1. The highest BCUT2D eigenvalue weighted by atomic mass is 31.2. The summed E-state index contributed by atoms with van der Waals surface area (Å²) in [5.41, 5.74) is 0.814. The van der Waals surface area contributed by atoms with Gasteiger partial charge in [0, 0.05) is 0 Å². The molecular weight excluding hydrogens is 215 g/mol. The normalized spacial score (nSPS) is 14.5. The van der Waals surface area contributed by atoms with Crippen LogP contribution in [0.1, 0.15) is 5.56 Å². The third-order valence-electron chi connectivity index (χ3n) is 1.59. The topological polar surface area (TPSA) is 55.8 Å². The van der Waals surface area contributed by atoms with Gasteiger partial charge >= 0.3 is 7.82 Å². The van der Waals surface area contributed by atoms with Crippen molar-refractivity contribution >= 4 is 7.82 Å². The van der Waals surface area contributed by atoms with E-state index in [0.29, 0.717) is 0 Å². The molecule has 1 atom stereocenters. The summed E-state index contributed by atoms with van der Waals surface area (Å²) in [6, 6.07) is 9.11. The molecule has 1 aromatic carbocycles. The number of phosphoric ester groups is 1. The molecule has 0 aliphatic rings. The molecule has 0 fully saturated rings. The average molecular weight is 228 g/mol. The van der Waals surface area contributed by atoms with Crippen LogP contribution in [0.25, 0.3) is 0 Å². The molecule has 4 nitrogen and oxygen atoms in total. The van der Waals surface area contributed by atoms with Crippen molar-refractivity contribution in [2.24, 2.45) is 0 Å². The van der Waals surface area contributed by atoms with E-state index >= 15 is 0 Å². The van der Waals surface area contributed by atoms with Gasteiger partial charge in [-0.1, -0.05) is 36.4 Å². The molecule has 0 saturated carbocycles. The van der Waals surface area contributed by atoms with Gasteiger partial charge in [0.25, 0.3) is 0 Å². The summed E-state index contributed by atoms with van der Waals surface area (Å²) in [6.45, 7) is 3.41. The zero-order chi connectivity index (χ0) is 11.1. The second-order valence-corrected chi connectivity index (χ2v) is 4.27. The molecular formula is C10H13O4P. The van der Waals surface area contributed by atoms with Gasteiger partial charge in [0.05, 0.1) is 13.2 Å². The van der Waals surface area contributed by atoms with Crippen LogP contribution < -0.4 is 0 Å². The molecule has 1 aromatic rings. The predicted octanol–water partition coefficient (Wildman–Crippen LogP) is 2.51. The van der Waals surface area contributed by atoms with Crippen LogP contribution in [0.15, 0.2) is 43.0 Å². The van der Waals surface area contributed by atoms with Crippen molar-refractivity contribution in [2.45, 2.75) is 6.61 Å². The first-order valence-corrected chi connectivity index (χ1v) is 5.90. The predicted molar refractivity (Wildman–Crippen MR) is 57.2 cm³/mol. The third-order valence-corrected chi connectivity index (χ3v) is 2.52. The van der Waals surface area contributed by atoms with Gasteiger partial charge in [-0.3, -0.25) is 9.05 Å². The smallest absolute Gasteiger partial charge is 0.302 e. The van der Waals surface area contributed by atoms with E-state index in [1.807, 2.05) is 18.2 Å². The fourth-order valence-electron chi connectivity index (χ4n) is 0.915. The van der Waals surface area contributed by atoms with E-state index in [4.69, 9.17) is 4.52 Å². The summed E-state index contributed by atoms with van der Waals surface area (Å²) in [7, 11) is -3.95. The van der Waals surface area contributed by atoms with Gasteiger partial charge in [-0.2, -0.15) is 0 Å². The molecule has 0 spiro atoms. The zero-order valence-electron chi connectivity index (χ0n) is 8.20. The molecule has 82 valence electrons. The Hall–Kier alpha value is -0.930. The molecule has 0 saturated heterocycles. The minimum Gasteiger partial charge on any atom is -0.302 e. The van der Waals surface area contributed by atoms with Crippen molar-refractivity contribution in [3.8, 4) is 0 Å². The largest absolute Gasteiger partial charge is 0.472 e. The Morgan fingerprint density at radius 1 is 1.33 bits per heavy atom. The van der Waals surface area contributed by atoms with E-state index in [0.717, 1.165) is 5.56 Å². The van der Waals surface area contributed by atoms with Gasteiger partial charge in [0.15, 0.2) is 0 Å². The van der Waals surface area contributed by atoms with Crippen molar-refractivity contribution in [3.63, 3.8) is 0 Å². The zero-order valence-corrected chi connectivity index (χ0v) is 9.10. The number of phosphoric acid groups is 1. The summed E-state index contributed by atoms with van der Waals surface area (Å²) >= 11 is 0. The highest BCUT2D eigenvalue weighted by Gasteiger charge is 2.19. The fourth-order valence-corrected chi connectivity index (χ4v) is 1.60. The average Bonchev–Trinajstić information content (AvgIpc) is 2.25. The fraction of sp³-hybridized carbons (Fsp3) is 0.200. The first-order chi connectivity index (χ1) is 7.14. The van der Waals surface area contributed by atoms with Crippen LogP contribution in [-0.2, 0) is 20.2 Å². The van der Waals surface area contributed by atoms with Crippen LogP contribution in [0.5, 0.6) is 0 Å². The SMILES string of the molecule is C=CCOP(=O)(O)OCc1ccccc1. The number of benzene rings is 1. The Morgan fingerprint density at radius 2 is 2.00 bits per heavy atom. The maximum atomic E-state index is 11.2. The molecule has 0 amide bonds. The van der Waals surface area contributed by atoms with Crippen LogP contribution in [0.4, 0.5) is 0 Å². The van der Waals surface area contributed by atoms with E-state index in [9.17, 15) is 9.46 Å². The Balaban J connectivity index is 2.42. The minimum absolute atomic E-state index is 0.0113. The Bertz CT molecular complexity index is 350. The molecule has 0 aromatic heterocycles. The van der Waals surface area contributed by atoms with Gasteiger partial charge in [0.2, 0.25) is 0 Å². The van der Waals surface area contributed by atoms with Gasteiger partial charge in [-0.05, 0) is 5.56 Å². The summed E-state index contributed by atoms with van der Waals surface area (Å²) < 4.78 is 20.5. The van der Waals surface area contributed by atoms with E-state index < -0.39 is 7.82 Å². The van der Waals surface area contributed by atoms with Crippen molar-refractivity contribution in [1.29, 1.82) is 0 Å². The first-order valence-electron chi connectivity index (χ1n) is 4.41. The van der Waals surface area contributed by atoms with Crippen LogP contribution in [-0.4, -0.2) is 11.5 Å². The summed E-state index contributed by atoms with van der Waals surface area (Å²) in [6.07, 6.45) is 1.38. The lowest BCUT2D eigenvalue weighted by Gasteiger charge is -2.10. The van der Waals surface area contributed by atoms with Crippen LogP contribution in [0, 0.1) is 0 Å². The van der Waals surface area contributed by atoms with Crippen LogP contribution in [0.3, 0.4) is 0 Å². The molecule has 0 radical (unpaired) electrons. The lowest BCUT2D eigenvalue weighted by atomic mass is 10.2. The van der Waals surface area contributed by atoms with E-state index in [-0.39, 0.29) is 13.2 Å². The monoisotopic (exact) mass is 228 g/mol. The standard InChI is InChI=1S/C10H13O4P/c1-2-8-13-15(11,12)14-9-10-6-4-3-5-7-10/h2-7H,1,8-9H2,(H,11,12). The molecule has 5 heteroatoms. The van der Waals surface area contributed by atoms with E-state index in [2.05, 4.69) is 11.1 Å². The van der Waals surface area contributed by atoms with Crippen molar-refractivity contribution in [2.75, 3.05) is 6.61 Å². The molecule has 1 rings (SSSR count). The molecule has 0 aliphatic carbocycles. The van der Waals surface area contributed by atoms with Crippen molar-refractivity contribution in [3.05, 3.63) is 48.6 Å². The molecule has 0 bridgehead atoms. The van der Waals surface area contributed by atoms with Crippen molar-refractivity contribution < 1.29 is 18.5 Å². The van der Waals surface area contributed by atoms with Crippen molar-refractivity contribution in [1.82, 2.24) is 0 Å². The minimum atomic E-state index is -3.95. The van der Waals surface area contributed by atoms with Gasteiger partial charge in [-0.25, -0.2) is 4.57 Å². The van der Waals surface area contributed by atoms with Gasteiger partial charge in [0.1, 0.15) is 0 Å². The second-order valence-electron chi connectivity index (χ2n) is 2.81. The van der Waals surface area contributed by atoms with E-state index in [1.165, 1.54) is 6.08 Å². The Morgan fingerprint density at radius 3 is 2.60 bits per heavy atom. The molecule has 0 heterocycles. The maximum absolute atomic E-state index is 11.2. The Kier molecular flexibility index (Phi) is 4.72. The van der Waals surface area contributed by atoms with Gasteiger partial charge in [-0.15, -0.1) is 6.58 Å². The van der Waals surface area contributed by atoms with Gasteiger partial charge < -0.3 is 4.89 Å². The number of hydrogen-bond acceptors (Lipinski definition) is 3. The summed E-state index contributed by atoms with van der Waals surface area (Å²) in [5.74, 6) is 0. The molecule has 15 heavy (non-hydrogen) atoms. The maximum Gasteiger partial charge on any atom is 0.472 e. The van der Waals surface area contributed by atoms with Crippen LogP contribution >= 0.6 is 7.82 Å². The Labute approximate surface area is 88.8 Å². The molecule has 0 aliphatic heterocycles. The highest BCUT2D eigenvalue weighted by molar-refractivity contribution is 7.47. The summed E-state index contributed by atoms with van der Waals surface area (Å²) in [4.78, 5) is 9.17.